The molecule has 9 heteroatoms. The summed E-state index contributed by atoms with van der Waals surface area (Å²) in [6, 6.07) is 6.50. The van der Waals surface area contributed by atoms with Gasteiger partial charge < -0.3 is 9.88 Å². The molecule has 1 saturated heterocycles. The van der Waals surface area contributed by atoms with Crippen LogP contribution in [0.5, 0.6) is 0 Å². The Morgan fingerprint density at radius 1 is 1.04 bits per heavy atom. The quantitative estimate of drug-likeness (QED) is 0.699. The zero-order valence-electron chi connectivity index (χ0n) is 16.0. The van der Waals surface area contributed by atoms with Gasteiger partial charge >= 0.3 is 0 Å². The van der Waals surface area contributed by atoms with Crippen LogP contribution in [0.3, 0.4) is 0 Å². The number of aryl methyl sites for hydroxylation is 1. The van der Waals surface area contributed by atoms with Crippen LogP contribution in [0.1, 0.15) is 39.0 Å². The standard InChI is InChI=1S/C19H22BrN3O4S/c1-12-17(14(3)24)13(2)21-18(12)19(25)22-8-10-23(11-9-22)28(26,27)16-6-4-15(20)5-7-16/h4-7,21H,8-11H2,1-3H3. The monoisotopic (exact) mass is 467 g/mol. The Hall–Kier alpha value is -1.97. The number of hydrogen-bond acceptors (Lipinski definition) is 4. The van der Waals surface area contributed by atoms with Crippen LogP contribution < -0.4 is 0 Å². The van der Waals surface area contributed by atoms with Crippen molar-refractivity contribution >= 4 is 37.6 Å². The number of nitrogens with one attached hydrogen (secondary N) is 1. The van der Waals surface area contributed by atoms with E-state index >= 15 is 0 Å². The first kappa shape index (κ1) is 20.8. The van der Waals surface area contributed by atoms with Crippen LogP contribution in [-0.4, -0.2) is 60.5 Å². The first-order valence-corrected chi connectivity index (χ1v) is 11.1. The third kappa shape index (κ3) is 3.78. The Balaban J connectivity index is 1.73. The van der Waals surface area contributed by atoms with Gasteiger partial charge in [0.1, 0.15) is 5.69 Å². The molecule has 2 heterocycles. The number of halogens is 1. The van der Waals surface area contributed by atoms with E-state index < -0.39 is 10.0 Å². The maximum absolute atomic E-state index is 12.9. The van der Waals surface area contributed by atoms with Gasteiger partial charge in [0.25, 0.3) is 5.91 Å². The largest absolute Gasteiger partial charge is 0.354 e. The Bertz CT molecular complexity index is 1020. The molecule has 0 saturated carbocycles. The number of H-pyrrole nitrogens is 1. The molecule has 0 atom stereocenters. The molecule has 0 spiro atoms. The minimum Gasteiger partial charge on any atom is -0.354 e. The van der Waals surface area contributed by atoms with E-state index in [4.69, 9.17) is 0 Å². The molecule has 7 nitrogen and oxygen atoms in total. The second-order valence-electron chi connectivity index (χ2n) is 6.83. The molecule has 0 radical (unpaired) electrons. The van der Waals surface area contributed by atoms with Crippen molar-refractivity contribution in [3.8, 4) is 0 Å². The van der Waals surface area contributed by atoms with Crippen LogP contribution in [0.25, 0.3) is 0 Å². The van der Waals surface area contributed by atoms with Crippen molar-refractivity contribution in [2.24, 2.45) is 0 Å². The molecule has 2 aromatic rings. The number of ketones is 1. The number of nitrogens with zero attached hydrogens (tertiary/aromatic N) is 2. The highest BCUT2D eigenvalue weighted by molar-refractivity contribution is 9.10. The molecule has 1 amide bonds. The van der Waals surface area contributed by atoms with Crippen LogP contribution in [-0.2, 0) is 10.0 Å². The summed E-state index contributed by atoms with van der Waals surface area (Å²) in [5.41, 5.74) is 2.25. The van der Waals surface area contributed by atoms with Gasteiger partial charge in [-0.25, -0.2) is 8.42 Å². The Morgan fingerprint density at radius 2 is 1.61 bits per heavy atom. The molecule has 1 N–H and O–H groups in total. The van der Waals surface area contributed by atoms with Gasteiger partial charge in [-0.3, -0.25) is 9.59 Å². The molecule has 0 bridgehead atoms. The van der Waals surface area contributed by atoms with Crippen molar-refractivity contribution in [2.75, 3.05) is 26.2 Å². The fraction of sp³-hybridized carbons (Fsp3) is 0.368. The molecule has 1 fully saturated rings. The first-order valence-electron chi connectivity index (χ1n) is 8.88. The summed E-state index contributed by atoms with van der Waals surface area (Å²) < 4.78 is 27.8. The molecule has 150 valence electrons. The van der Waals surface area contributed by atoms with Crippen molar-refractivity contribution in [1.29, 1.82) is 0 Å². The average Bonchev–Trinajstić information content (AvgIpc) is 2.96. The van der Waals surface area contributed by atoms with Crippen molar-refractivity contribution in [2.45, 2.75) is 25.7 Å². The Labute approximate surface area is 172 Å². The fourth-order valence-corrected chi connectivity index (χ4v) is 5.22. The van der Waals surface area contributed by atoms with Gasteiger partial charge in [-0.2, -0.15) is 4.31 Å². The van der Waals surface area contributed by atoms with E-state index in [2.05, 4.69) is 20.9 Å². The molecular weight excluding hydrogens is 446 g/mol. The van der Waals surface area contributed by atoms with Crippen LogP contribution >= 0.6 is 15.9 Å². The lowest BCUT2D eigenvalue weighted by Gasteiger charge is -2.34. The van der Waals surface area contributed by atoms with Crippen LogP contribution in [0.15, 0.2) is 33.6 Å². The topological polar surface area (TPSA) is 90.6 Å². The molecule has 1 aliphatic rings. The predicted molar refractivity (Wildman–Crippen MR) is 109 cm³/mol. The smallest absolute Gasteiger partial charge is 0.270 e. The first-order chi connectivity index (χ1) is 13.1. The van der Waals surface area contributed by atoms with Crippen LogP contribution in [0.4, 0.5) is 0 Å². The molecule has 3 rings (SSSR count). The number of Topliss-reactive ketones (excluding diaryl/α,β-unsaturated/α-hetero) is 1. The Kier molecular flexibility index (Phi) is 5.79. The maximum Gasteiger partial charge on any atom is 0.270 e. The highest BCUT2D eigenvalue weighted by atomic mass is 79.9. The lowest BCUT2D eigenvalue weighted by Crippen LogP contribution is -2.50. The fourth-order valence-electron chi connectivity index (χ4n) is 3.54. The summed E-state index contributed by atoms with van der Waals surface area (Å²) in [5.74, 6) is -0.301. The molecule has 0 aliphatic carbocycles. The zero-order chi connectivity index (χ0) is 20.6. The summed E-state index contributed by atoms with van der Waals surface area (Å²) in [5, 5.41) is 0. The number of hydrogen-bond donors (Lipinski definition) is 1. The Morgan fingerprint density at radius 3 is 2.11 bits per heavy atom. The molecule has 28 heavy (non-hydrogen) atoms. The number of carbonyl (C=O) groups excluding carboxylic acids is 2. The van der Waals surface area contributed by atoms with E-state index in [-0.39, 0.29) is 29.7 Å². The van der Waals surface area contributed by atoms with Crippen LogP contribution in [0.2, 0.25) is 0 Å². The summed E-state index contributed by atoms with van der Waals surface area (Å²) >= 11 is 3.30. The summed E-state index contributed by atoms with van der Waals surface area (Å²) in [4.78, 5) is 29.5. The van der Waals surface area contributed by atoms with Gasteiger partial charge in [0.2, 0.25) is 10.0 Å². The lowest BCUT2D eigenvalue weighted by atomic mass is 10.1. The second kappa shape index (κ2) is 7.81. The van der Waals surface area contributed by atoms with Crippen LogP contribution in [0, 0.1) is 13.8 Å². The highest BCUT2D eigenvalue weighted by Crippen LogP contribution is 2.23. The number of aromatic amines is 1. The number of amides is 1. The van der Waals surface area contributed by atoms with Gasteiger partial charge in [0.15, 0.2) is 5.78 Å². The summed E-state index contributed by atoms with van der Waals surface area (Å²) in [6.07, 6.45) is 0. The minimum absolute atomic E-state index is 0.0873. The second-order valence-corrected chi connectivity index (χ2v) is 9.69. The normalized spacial score (nSPS) is 15.6. The van der Waals surface area contributed by atoms with E-state index in [0.717, 1.165) is 4.47 Å². The van der Waals surface area contributed by atoms with Gasteiger partial charge in [0, 0.05) is 41.9 Å². The van der Waals surface area contributed by atoms with E-state index in [1.807, 2.05) is 0 Å². The lowest BCUT2D eigenvalue weighted by molar-refractivity contribution is 0.0691. The number of aromatic nitrogens is 1. The van der Waals surface area contributed by atoms with E-state index in [0.29, 0.717) is 35.6 Å². The SMILES string of the molecule is CC(=O)c1c(C)[nH]c(C(=O)N2CCN(S(=O)(=O)c3ccc(Br)cc3)CC2)c1C. The third-order valence-corrected chi connectivity index (χ3v) is 7.42. The van der Waals surface area contributed by atoms with Crippen molar-refractivity contribution in [3.05, 3.63) is 51.3 Å². The number of piperazine rings is 1. The van der Waals surface area contributed by atoms with Gasteiger partial charge in [-0.1, -0.05) is 15.9 Å². The minimum atomic E-state index is -3.59. The molecule has 1 aliphatic heterocycles. The third-order valence-electron chi connectivity index (χ3n) is 4.98. The van der Waals surface area contributed by atoms with Gasteiger partial charge in [0.05, 0.1) is 4.90 Å². The van der Waals surface area contributed by atoms with Crippen molar-refractivity contribution in [1.82, 2.24) is 14.2 Å². The predicted octanol–water partition coefficient (Wildman–Crippen LogP) is 2.74. The number of benzene rings is 1. The molecule has 1 aromatic carbocycles. The van der Waals surface area contributed by atoms with Crippen molar-refractivity contribution < 1.29 is 18.0 Å². The van der Waals surface area contributed by atoms with Gasteiger partial charge in [-0.15, -0.1) is 0 Å². The van der Waals surface area contributed by atoms with Crippen molar-refractivity contribution in [3.63, 3.8) is 0 Å². The molecule has 0 unspecified atom stereocenters. The van der Waals surface area contributed by atoms with E-state index in [9.17, 15) is 18.0 Å². The number of rotatable bonds is 4. The number of sulfonamides is 1. The maximum atomic E-state index is 12.9. The highest BCUT2D eigenvalue weighted by Gasteiger charge is 2.32. The summed E-state index contributed by atoms with van der Waals surface area (Å²) in [7, 11) is -3.59. The van der Waals surface area contributed by atoms with E-state index in [1.165, 1.54) is 11.2 Å². The average molecular weight is 468 g/mol. The van der Waals surface area contributed by atoms with E-state index in [1.54, 1.807) is 43.0 Å². The zero-order valence-corrected chi connectivity index (χ0v) is 18.4. The summed E-state index contributed by atoms with van der Waals surface area (Å²) in [6.45, 7) is 6.03. The molecular formula is C19H22BrN3O4S. The number of carbonyl (C=O) groups is 2. The molecule has 1 aromatic heterocycles. The van der Waals surface area contributed by atoms with Gasteiger partial charge in [-0.05, 0) is 50.6 Å².